The Morgan fingerprint density at radius 1 is 1.41 bits per heavy atom. The summed E-state index contributed by atoms with van der Waals surface area (Å²) in [5, 5.41) is 0.734. The molecular weight excluding hydrogens is 241 g/mol. The van der Waals surface area contributed by atoms with Crippen LogP contribution in [0.3, 0.4) is 0 Å². The second-order valence-corrected chi connectivity index (χ2v) is 4.73. The van der Waals surface area contributed by atoms with Crippen LogP contribution in [0.4, 0.5) is 4.39 Å². The lowest BCUT2D eigenvalue weighted by Gasteiger charge is -2.05. The molecule has 1 heterocycles. The lowest BCUT2D eigenvalue weighted by Crippen LogP contribution is -2.12. The number of hydrogen-bond acceptors (Lipinski definition) is 1. The molecule has 0 unspecified atom stereocenters. The van der Waals surface area contributed by atoms with E-state index in [0.717, 1.165) is 23.8 Å². The number of alkyl halides is 1. The first-order valence-electron chi connectivity index (χ1n) is 5.61. The van der Waals surface area contributed by atoms with Crippen LogP contribution in [0.25, 0.3) is 10.9 Å². The number of aromatic amines is 1. The monoisotopic (exact) mass is 251 g/mol. The standard InChI is InChI=1S/C13H11ClFNO/c14-6-9-4-3-8-5-10(7-1-2-7)13(17)16-12(8)11(9)15/h3-5,7H,1-2,6H2,(H,16,17). The van der Waals surface area contributed by atoms with Gasteiger partial charge in [-0.05, 0) is 24.8 Å². The van der Waals surface area contributed by atoms with E-state index in [9.17, 15) is 9.18 Å². The number of hydrogen-bond donors (Lipinski definition) is 1. The maximum atomic E-state index is 13.9. The molecule has 2 aromatic rings. The second-order valence-electron chi connectivity index (χ2n) is 4.46. The van der Waals surface area contributed by atoms with Gasteiger partial charge in [-0.25, -0.2) is 4.39 Å². The van der Waals surface area contributed by atoms with Crippen LogP contribution in [0.2, 0.25) is 0 Å². The third-order valence-electron chi connectivity index (χ3n) is 3.23. The molecule has 1 aliphatic carbocycles. The summed E-state index contributed by atoms with van der Waals surface area (Å²) in [5.74, 6) is 0.0460. The van der Waals surface area contributed by atoms with Gasteiger partial charge in [-0.15, -0.1) is 11.6 Å². The molecule has 1 N–H and O–H groups in total. The van der Waals surface area contributed by atoms with E-state index in [4.69, 9.17) is 11.6 Å². The van der Waals surface area contributed by atoms with E-state index in [1.807, 2.05) is 0 Å². The van der Waals surface area contributed by atoms with Crippen molar-refractivity contribution < 1.29 is 4.39 Å². The highest BCUT2D eigenvalue weighted by atomic mass is 35.5. The fourth-order valence-corrected chi connectivity index (χ4v) is 2.31. The van der Waals surface area contributed by atoms with Gasteiger partial charge in [0.15, 0.2) is 5.82 Å². The van der Waals surface area contributed by atoms with E-state index in [0.29, 0.717) is 11.5 Å². The van der Waals surface area contributed by atoms with Gasteiger partial charge in [-0.3, -0.25) is 4.79 Å². The van der Waals surface area contributed by atoms with Gasteiger partial charge in [-0.1, -0.05) is 12.1 Å². The second kappa shape index (κ2) is 3.84. The number of rotatable bonds is 2. The average Bonchev–Trinajstić information content (AvgIpc) is 3.14. The van der Waals surface area contributed by atoms with E-state index in [2.05, 4.69) is 4.98 Å². The number of H-pyrrole nitrogens is 1. The summed E-state index contributed by atoms with van der Waals surface area (Å²) in [4.78, 5) is 14.4. The summed E-state index contributed by atoms with van der Waals surface area (Å²) in [7, 11) is 0. The number of nitrogens with one attached hydrogen (secondary N) is 1. The molecule has 1 aliphatic rings. The van der Waals surface area contributed by atoms with Crippen LogP contribution in [0, 0.1) is 5.82 Å². The molecule has 0 atom stereocenters. The topological polar surface area (TPSA) is 32.9 Å². The molecule has 0 aliphatic heterocycles. The molecule has 2 nitrogen and oxygen atoms in total. The smallest absolute Gasteiger partial charge is 0.251 e. The predicted molar refractivity (Wildman–Crippen MR) is 66.1 cm³/mol. The van der Waals surface area contributed by atoms with Gasteiger partial charge < -0.3 is 4.98 Å². The largest absolute Gasteiger partial charge is 0.319 e. The minimum absolute atomic E-state index is 0.105. The molecule has 0 spiro atoms. The highest BCUT2D eigenvalue weighted by Gasteiger charge is 2.26. The van der Waals surface area contributed by atoms with Gasteiger partial charge in [-0.2, -0.15) is 0 Å². The van der Waals surface area contributed by atoms with Crippen molar-refractivity contribution in [3.05, 3.63) is 45.5 Å². The van der Waals surface area contributed by atoms with Crippen molar-refractivity contribution in [2.24, 2.45) is 0 Å². The zero-order valence-electron chi connectivity index (χ0n) is 9.09. The van der Waals surface area contributed by atoms with Crippen molar-refractivity contribution >= 4 is 22.5 Å². The molecule has 0 radical (unpaired) electrons. The van der Waals surface area contributed by atoms with Crippen LogP contribution in [0.5, 0.6) is 0 Å². The molecule has 1 fully saturated rings. The maximum absolute atomic E-state index is 13.9. The van der Waals surface area contributed by atoms with E-state index in [1.165, 1.54) is 0 Å². The minimum Gasteiger partial charge on any atom is -0.319 e. The summed E-state index contributed by atoms with van der Waals surface area (Å²) in [6.07, 6.45) is 2.10. The summed E-state index contributed by atoms with van der Waals surface area (Å²) in [6, 6.07) is 5.27. The van der Waals surface area contributed by atoms with E-state index in [1.54, 1.807) is 18.2 Å². The highest BCUT2D eigenvalue weighted by molar-refractivity contribution is 6.17. The molecule has 88 valence electrons. The quantitative estimate of drug-likeness (QED) is 0.817. The van der Waals surface area contributed by atoms with Gasteiger partial charge in [0.2, 0.25) is 0 Å². The Balaban J connectivity index is 2.29. The van der Waals surface area contributed by atoms with Crippen LogP contribution in [0.1, 0.15) is 29.9 Å². The minimum atomic E-state index is -0.419. The zero-order valence-corrected chi connectivity index (χ0v) is 9.85. The van der Waals surface area contributed by atoms with Crippen molar-refractivity contribution in [1.82, 2.24) is 4.98 Å². The van der Waals surface area contributed by atoms with Gasteiger partial charge in [0.25, 0.3) is 5.56 Å². The molecular formula is C13H11ClFNO. The molecule has 1 saturated carbocycles. The van der Waals surface area contributed by atoms with Crippen molar-refractivity contribution in [1.29, 1.82) is 0 Å². The number of halogens is 2. The fraction of sp³-hybridized carbons (Fsp3) is 0.308. The highest BCUT2D eigenvalue weighted by Crippen LogP contribution is 2.39. The normalized spacial score (nSPS) is 15.4. The third-order valence-corrected chi connectivity index (χ3v) is 3.51. The number of aromatic nitrogens is 1. The van der Waals surface area contributed by atoms with Crippen LogP contribution < -0.4 is 5.56 Å². The lowest BCUT2D eigenvalue weighted by atomic mass is 10.1. The van der Waals surface area contributed by atoms with Crippen molar-refractivity contribution in [2.75, 3.05) is 0 Å². The number of fused-ring (bicyclic) bond motifs is 1. The first kappa shape index (κ1) is 10.8. The Kier molecular flexibility index (Phi) is 2.44. The van der Waals surface area contributed by atoms with Crippen LogP contribution in [-0.4, -0.2) is 4.98 Å². The summed E-state index contributed by atoms with van der Waals surface area (Å²) in [5.41, 5.74) is 1.27. The van der Waals surface area contributed by atoms with Gasteiger partial charge in [0.05, 0.1) is 11.4 Å². The molecule has 4 heteroatoms. The molecule has 1 aromatic carbocycles. The summed E-state index contributed by atoms with van der Waals surface area (Å²) >= 11 is 5.63. The molecule has 1 aromatic heterocycles. The third kappa shape index (κ3) is 1.75. The van der Waals surface area contributed by atoms with E-state index in [-0.39, 0.29) is 17.0 Å². The van der Waals surface area contributed by atoms with Crippen LogP contribution >= 0.6 is 11.6 Å². The van der Waals surface area contributed by atoms with E-state index >= 15 is 0 Å². The van der Waals surface area contributed by atoms with Crippen molar-refractivity contribution in [2.45, 2.75) is 24.6 Å². The van der Waals surface area contributed by atoms with Gasteiger partial charge in [0.1, 0.15) is 0 Å². The Hall–Kier alpha value is -1.35. The number of benzene rings is 1. The fourth-order valence-electron chi connectivity index (χ4n) is 2.10. The Labute approximate surface area is 102 Å². The Morgan fingerprint density at radius 3 is 2.82 bits per heavy atom. The Bertz CT molecular complexity index is 646. The summed E-state index contributed by atoms with van der Waals surface area (Å²) in [6.45, 7) is 0. The predicted octanol–water partition coefficient (Wildman–Crippen LogP) is 3.28. The van der Waals surface area contributed by atoms with Crippen LogP contribution in [-0.2, 0) is 5.88 Å². The Morgan fingerprint density at radius 2 is 2.18 bits per heavy atom. The zero-order chi connectivity index (χ0) is 12.0. The first-order valence-corrected chi connectivity index (χ1v) is 6.14. The molecule has 0 amide bonds. The maximum Gasteiger partial charge on any atom is 0.251 e. The first-order chi connectivity index (χ1) is 8.20. The SMILES string of the molecule is O=c1[nH]c2c(F)c(CCl)ccc2cc1C1CC1. The van der Waals surface area contributed by atoms with Gasteiger partial charge >= 0.3 is 0 Å². The molecule has 17 heavy (non-hydrogen) atoms. The summed E-state index contributed by atoms with van der Waals surface area (Å²) < 4.78 is 13.9. The van der Waals surface area contributed by atoms with Gasteiger partial charge in [0, 0.05) is 16.5 Å². The number of pyridine rings is 1. The van der Waals surface area contributed by atoms with E-state index < -0.39 is 5.82 Å². The van der Waals surface area contributed by atoms with Crippen molar-refractivity contribution in [3.63, 3.8) is 0 Å². The van der Waals surface area contributed by atoms with Crippen LogP contribution in [0.15, 0.2) is 23.0 Å². The molecule has 0 bridgehead atoms. The molecule has 3 rings (SSSR count). The molecule has 0 saturated heterocycles. The average molecular weight is 252 g/mol. The van der Waals surface area contributed by atoms with Crippen molar-refractivity contribution in [3.8, 4) is 0 Å². The lowest BCUT2D eigenvalue weighted by molar-refractivity contribution is 0.625.